The molecule has 0 bridgehead atoms. The number of aliphatic hydroxyl groups is 1. The highest BCUT2D eigenvalue weighted by Crippen LogP contribution is 2.34. The molecule has 0 amide bonds. The van der Waals surface area contributed by atoms with Gasteiger partial charge in [0.1, 0.15) is 6.61 Å². The quantitative estimate of drug-likeness (QED) is 0.456. The van der Waals surface area contributed by atoms with E-state index in [1.165, 1.54) is 0 Å². The van der Waals surface area contributed by atoms with Crippen LogP contribution in [0.25, 0.3) is 0 Å². The lowest BCUT2D eigenvalue weighted by molar-refractivity contribution is 0.269. The summed E-state index contributed by atoms with van der Waals surface area (Å²) in [6, 6.07) is 13.8. The number of benzene rings is 2. The summed E-state index contributed by atoms with van der Waals surface area (Å²) in [6.45, 7) is 6.19. The molecule has 2 aromatic rings. The predicted molar refractivity (Wildman–Crippen MR) is 110 cm³/mol. The number of ether oxygens (including phenoxy) is 2. The number of nitrogens with one attached hydrogen (secondary N) is 2. The van der Waals surface area contributed by atoms with Gasteiger partial charge in [-0.25, -0.2) is 0 Å². The second-order valence-electron chi connectivity index (χ2n) is 6.10. The van der Waals surface area contributed by atoms with Gasteiger partial charge in [-0.05, 0) is 43.6 Å². The van der Waals surface area contributed by atoms with Gasteiger partial charge in [0.25, 0.3) is 0 Å². The average molecular weight is 393 g/mol. The van der Waals surface area contributed by atoms with Gasteiger partial charge in [0, 0.05) is 24.2 Å². The lowest BCUT2D eigenvalue weighted by Crippen LogP contribution is -2.24. The van der Waals surface area contributed by atoms with E-state index in [2.05, 4.69) is 10.6 Å². The van der Waals surface area contributed by atoms with Crippen LogP contribution in [0, 0.1) is 0 Å². The molecule has 0 aliphatic heterocycles. The Morgan fingerprint density at radius 1 is 0.963 bits per heavy atom. The van der Waals surface area contributed by atoms with Gasteiger partial charge >= 0.3 is 0 Å². The Labute approximate surface area is 166 Å². The van der Waals surface area contributed by atoms with Crippen molar-refractivity contribution < 1.29 is 14.6 Å². The molecule has 0 aliphatic carbocycles. The molecule has 5 nitrogen and oxygen atoms in total. The molecule has 0 aromatic heterocycles. The lowest BCUT2D eigenvalue weighted by atomic mass is 10.2. The molecule has 0 radical (unpaired) electrons. The Hall–Kier alpha value is -1.79. The Bertz CT molecular complexity index is 668. The number of hydrogen-bond donors (Lipinski definition) is 3. The Morgan fingerprint density at radius 2 is 1.70 bits per heavy atom. The van der Waals surface area contributed by atoms with E-state index in [9.17, 15) is 0 Å². The minimum absolute atomic E-state index is 0.169. The van der Waals surface area contributed by atoms with Crippen LogP contribution in [0.2, 0.25) is 5.02 Å². The summed E-state index contributed by atoms with van der Waals surface area (Å²) in [4.78, 5) is 0. The van der Waals surface area contributed by atoms with Crippen molar-refractivity contribution in [3.63, 3.8) is 0 Å². The molecule has 2 aromatic carbocycles. The molecular formula is C21H29ClN2O3. The van der Waals surface area contributed by atoms with E-state index in [-0.39, 0.29) is 6.61 Å². The zero-order valence-electron chi connectivity index (χ0n) is 15.8. The number of halogens is 1. The van der Waals surface area contributed by atoms with Crippen molar-refractivity contribution in [3.8, 4) is 11.5 Å². The van der Waals surface area contributed by atoms with Gasteiger partial charge in [-0.3, -0.25) is 0 Å². The van der Waals surface area contributed by atoms with E-state index < -0.39 is 0 Å². The molecule has 0 aliphatic rings. The van der Waals surface area contributed by atoms with Gasteiger partial charge in [-0.1, -0.05) is 41.9 Å². The first-order chi connectivity index (χ1) is 13.2. The third-order valence-corrected chi connectivity index (χ3v) is 4.31. The molecule has 27 heavy (non-hydrogen) atoms. The summed E-state index contributed by atoms with van der Waals surface area (Å²) in [5, 5.41) is 15.9. The van der Waals surface area contributed by atoms with Crippen LogP contribution < -0.4 is 20.1 Å². The van der Waals surface area contributed by atoms with Crippen LogP contribution in [-0.4, -0.2) is 38.0 Å². The molecule has 0 saturated heterocycles. The number of aliphatic hydroxyl groups excluding tert-OH is 1. The highest BCUT2D eigenvalue weighted by Gasteiger charge is 2.11. The molecular weight excluding hydrogens is 364 g/mol. The predicted octanol–water partition coefficient (Wildman–Crippen LogP) is 3.38. The van der Waals surface area contributed by atoms with Crippen molar-refractivity contribution in [2.45, 2.75) is 26.5 Å². The van der Waals surface area contributed by atoms with E-state index >= 15 is 0 Å². The maximum atomic E-state index is 8.73. The Kier molecular flexibility index (Phi) is 10.0. The Balaban J connectivity index is 1.91. The molecule has 0 heterocycles. The van der Waals surface area contributed by atoms with Crippen molar-refractivity contribution in [2.24, 2.45) is 0 Å². The van der Waals surface area contributed by atoms with Crippen molar-refractivity contribution in [3.05, 3.63) is 58.6 Å². The second kappa shape index (κ2) is 12.6. The lowest BCUT2D eigenvalue weighted by Gasteiger charge is -2.15. The fourth-order valence-electron chi connectivity index (χ4n) is 2.59. The first-order valence-corrected chi connectivity index (χ1v) is 9.76. The van der Waals surface area contributed by atoms with Crippen LogP contribution in [-0.2, 0) is 13.2 Å². The fraction of sp³-hybridized carbons (Fsp3) is 0.429. The normalized spacial score (nSPS) is 10.8. The van der Waals surface area contributed by atoms with Gasteiger partial charge in [0.15, 0.2) is 11.5 Å². The summed E-state index contributed by atoms with van der Waals surface area (Å²) in [5.74, 6) is 1.36. The minimum atomic E-state index is 0.169. The van der Waals surface area contributed by atoms with Crippen LogP contribution in [0.5, 0.6) is 11.5 Å². The first kappa shape index (κ1) is 21.5. The molecule has 0 spiro atoms. The highest BCUT2D eigenvalue weighted by molar-refractivity contribution is 6.31. The molecule has 3 N–H and O–H groups in total. The van der Waals surface area contributed by atoms with Crippen molar-refractivity contribution in [1.29, 1.82) is 0 Å². The summed E-state index contributed by atoms with van der Waals surface area (Å²) < 4.78 is 11.7. The highest BCUT2D eigenvalue weighted by atomic mass is 35.5. The summed E-state index contributed by atoms with van der Waals surface area (Å²) in [7, 11) is 0. The van der Waals surface area contributed by atoms with Gasteiger partial charge in [0.05, 0.1) is 13.2 Å². The molecule has 0 atom stereocenters. The van der Waals surface area contributed by atoms with Crippen LogP contribution in [0.15, 0.2) is 42.5 Å². The molecule has 0 fully saturated rings. The maximum absolute atomic E-state index is 8.73. The van der Waals surface area contributed by atoms with Crippen LogP contribution in [0.4, 0.5) is 0 Å². The van der Waals surface area contributed by atoms with Crippen LogP contribution >= 0.6 is 11.6 Å². The monoisotopic (exact) mass is 392 g/mol. The molecule has 148 valence electrons. The minimum Gasteiger partial charge on any atom is -0.490 e. The Morgan fingerprint density at radius 3 is 2.44 bits per heavy atom. The number of hydrogen-bond acceptors (Lipinski definition) is 5. The standard InChI is InChI=1S/C21H29ClN2O3/c1-2-26-20-13-18(15-24-10-6-9-23-11-12-25)19(22)14-21(20)27-16-17-7-4-3-5-8-17/h3-5,7-8,13-14,23-25H,2,6,9-12,15-16H2,1H3. The number of rotatable bonds is 13. The molecule has 0 saturated carbocycles. The molecule has 2 rings (SSSR count). The zero-order chi connectivity index (χ0) is 19.3. The van der Waals surface area contributed by atoms with Crippen molar-refractivity contribution >= 4 is 11.6 Å². The smallest absolute Gasteiger partial charge is 0.163 e. The van der Waals surface area contributed by atoms with Gasteiger partial charge in [-0.2, -0.15) is 0 Å². The van der Waals surface area contributed by atoms with Crippen LogP contribution in [0.1, 0.15) is 24.5 Å². The first-order valence-electron chi connectivity index (χ1n) is 9.38. The average Bonchev–Trinajstić information content (AvgIpc) is 2.69. The van der Waals surface area contributed by atoms with E-state index in [0.29, 0.717) is 42.8 Å². The largest absolute Gasteiger partial charge is 0.490 e. The summed E-state index contributed by atoms with van der Waals surface area (Å²) >= 11 is 6.45. The molecule has 0 unspecified atom stereocenters. The van der Waals surface area contributed by atoms with E-state index in [4.69, 9.17) is 26.2 Å². The van der Waals surface area contributed by atoms with Crippen molar-refractivity contribution in [1.82, 2.24) is 10.6 Å². The van der Waals surface area contributed by atoms with Gasteiger partial charge in [0.2, 0.25) is 0 Å². The molecule has 6 heteroatoms. The second-order valence-corrected chi connectivity index (χ2v) is 6.51. The SMILES string of the molecule is CCOc1cc(CNCCCNCCO)c(Cl)cc1OCc1ccccc1. The fourth-order valence-corrected chi connectivity index (χ4v) is 2.82. The van der Waals surface area contributed by atoms with Gasteiger partial charge < -0.3 is 25.2 Å². The van der Waals surface area contributed by atoms with Gasteiger partial charge in [-0.15, -0.1) is 0 Å². The third kappa shape index (κ3) is 7.77. The summed E-state index contributed by atoms with van der Waals surface area (Å²) in [6.07, 6.45) is 0.980. The van der Waals surface area contributed by atoms with E-state index in [1.807, 2.05) is 49.4 Å². The third-order valence-electron chi connectivity index (χ3n) is 3.96. The van der Waals surface area contributed by atoms with E-state index in [1.54, 1.807) is 0 Å². The maximum Gasteiger partial charge on any atom is 0.163 e. The topological polar surface area (TPSA) is 62.8 Å². The summed E-state index contributed by atoms with van der Waals surface area (Å²) in [5.41, 5.74) is 2.08. The van der Waals surface area contributed by atoms with Crippen molar-refractivity contribution in [2.75, 3.05) is 32.8 Å². The van der Waals surface area contributed by atoms with E-state index in [0.717, 1.165) is 30.6 Å². The van der Waals surface area contributed by atoms with Crippen LogP contribution in [0.3, 0.4) is 0 Å². The zero-order valence-corrected chi connectivity index (χ0v) is 16.6.